The van der Waals surface area contributed by atoms with Gasteiger partial charge in [0.2, 0.25) is 0 Å². The SMILES string of the molecule is CC(C)CC(=O)/C(=C/N(C)C)C(=O)OCc1ccccc1. The molecule has 4 heteroatoms. The van der Waals surface area contributed by atoms with E-state index in [1.54, 1.807) is 19.0 Å². The number of carbonyl (C=O) groups is 2. The zero-order valence-electron chi connectivity index (χ0n) is 13.1. The van der Waals surface area contributed by atoms with E-state index in [-0.39, 0.29) is 23.9 Å². The van der Waals surface area contributed by atoms with Crippen molar-refractivity contribution in [3.05, 3.63) is 47.7 Å². The molecule has 0 aliphatic carbocycles. The number of ether oxygens (including phenoxy) is 1. The van der Waals surface area contributed by atoms with Crippen molar-refractivity contribution in [3.8, 4) is 0 Å². The molecule has 0 aliphatic heterocycles. The van der Waals surface area contributed by atoms with Crippen molar-refractivity contribution in [1.82, 2.24) is 4.90 Å². The third-order valence-electron chi connectivity index (χ3n) is 2.71. The first-order valence-corrected chi connectivity index (χ1v) is 7.02. The third-order valence-corrected chi connectivity index (χ3v) is 2.71. The largest absolute Gasteiger partial charge is 0.457 e. The summed E-state index contributed by atoms with van der Waals surface area (Å²) in [6.07, 6.45) is 1.86. The van der Waals surface area contributed by atoms with E-state index >= 15 is 0 Å². The van der Waals surface area contributed by atoms with Crippen LogP contribution in [0, 0.1) is 5.92 Å². The van der Waals surface area contributed by atoms with Crippen LogP contribution in [0.5, 0.6) is 0 Å². The summed E-state index contributed by atoms with van der Waals surface area (Å²) < 4.78 is 5.24. The van der Waals surface area contributed by atoms with E-state index in [0.717, 1.165) is 5.56 Å². The summed E-state index contributed by atoms with van der Waals surface area (Å²) in [6.45, 7) is 4.06. The van der Waals surface area contributed by atoms with Gasteiger partial charge in [0.1, 0.15) is 12.2 Å². The lowest BCUT2D eigenvalue weighted by molar-refractivity contribution is -0.141. The van der Waals surface area contributed by atoms with Gasteiger partial charge < -0.3 is 9.64 Å². The standard InChI is InChI=1S/C17H23NO3/c1-13(2)10-16(19)15(11-18(3)4)17(20)21-12-14-8-6-5-7-9-14/h5-9,11,13H,10,12H2,1-4H3/b15-11-. The first kappa shape index (κ1) is 17.0. The minimum absolute atomic E-state index is 0.102. The fourth-order valence-corrected chi connectivity index (χ4v) is 1.78. The maximum absolute atomic E-state index is 12.1. The number of Topliss-reactive ketones (excluding diaryl/α,β-unsaturated/α-hetero) is 1. The quantitative estimate of drug-likeness (QED) is 0.335. The highest BCUT2D eigenvalue weighted by atomic mass is 16.5. The average molecular weight is 289 g/mol. The minimum Gasteiger partial charge on any atom is -0.457 e. The smallest absolute Gasteiger partial charge is 0.343 e. The topological polar surface area (TPSA) is 46.6 Å². The van der Waals surface area contributed by atoms with E-state index in [1.807, 2.05) is 44.2 Å². The predicted molar refractivity (Wildman–Crippen MR) is 82.5 cm³/mol. The van der Waals surface area contributed by atoms with Gasteiger partial charge in [-0.15, -0.1) is 0 Å². The number of carbonyl (C=O) groups excluding carboxylic acids is 2. The van der Waals surface area contributed by atoms with Crippen LogP contribution in [0.2, 0.25) is 0 Å². The molecule has 0 aromatic heterocycles. The molecule has 1 aromatic carbocycles. The zero-order valence-corrected chi connectivity index (χ0v) is 13.1. The van der Waals surface area contributed by atoms with Crippen LogP contribution < -0.4 is 0 Å². The molecule has 0 saturated heterocycles. The van der Waals surface area contributed by atoms with Gasteiger partial charge in [0.25, 0.3) is 0 Å². The molecule has 0 radical (unpaired) electrons. The number of esters is 1. The molecule has 1 rings (SSSR count). The Hall–Kier alpha value is -2.10. The van der Waals surface area contributed by atoms with Gasteiger partial charge in [0.15, 0.2) is 5.78 Å². The summed E-state index contributed by atoms with van der Waals surface area (Å²) in [5.41, 5.74) is 0.996. The molecule has 1 aromatic rings. The van der Waals surface area contributed by atoms with Crippen LogP contribution in [0.4, 0.5) is 0 Å². The van der Waals surface area contributed by atoms with Gasteiger partial charge in [0.05, 0.1) is 0 Å². The fraction of sp³-hybridized carbons (Fsp3) is 0.412. The van der Waals surface area contributed by atoms with Crippen molar-refractivity contribution in [3.63, 3.8) is 0 Å². The van der Waals surface area contributed by atoms with Gasteiger partial charge in [-0.05, 0) is 11.5 Å². The number of ketones is 1. The summed E-state index contributed by atoms with van der Waals surface area (Å²) in [5.74, 6) is -0.556. The molecule has 0 heterocycles. The lowest BCUT2D eigenvalue weighted by Crippen LogP contribution is -2.20. The van der Waals surface area contributed by atoms with Crippen molar-refractivity contribution in [2.45, 2.75) is 26.9 Å². The van der Waals surface area contributed by atoms with Gasteiger partial charge >= 0.3 is 5.97 Å². The highest BCUT2D eigenvalue weighted by molar-refractivity contribution is 6.17. The molecule has 0 fully saturated rings. The van der Waals surface area contributed by atoms with Gasteiger partial charge in [-0.25, -0.2) is 4.79 Å². The van der Waals surface area contributed by atoms with E-state index in [2.05, 4.69) is 0 Å². The lowest BCUT2D eigenvalue weighted by atomic mass is 10.0. The fourth-order valence-electron chi connectivity index (χ4n) is 1.78. The molecule has 4 nitrogen and oxygen atoms in total. The van der Waals surface area contributed by atoms with E-state index in [0.29, 0.717) is 6.42 Å². The predicted octanol–water partition coefficient (Wildman–Crippen LogP) is 2.79. The molecular weight excluding hydrogens is 266 g/mol. The second-order valence-corrected chi connectivity index (χ2v) is 5.59. The van der Waals surface area contributed by atoms with Gasteiger partial charge in [-0.2, -0.15) is 0 Å². The van der Waals surface area contributed by atoms with Crippen LogP contribution in [0.1, 0.15) is 25.8 Å². The Kier molecular flexibility index (Phi) is 6.66. The van der Waals surface area contributed by atoms with Crippen molar-refractivity contribution >= 4 is 11.8 Å². The number of hydrogen-bond donors (Lipinski definition) is 0. The van der Waals surface area contributed by atoms with Crippen LogP contribution in [0.15, 0.2) is 42.1 Å². The molecule has 0 bridgehead atoms. The van der Waals surface area contributed by atoms with Crippen molar-refractivity contribution in [1.29, 1.82) is 0 Å². The minimum atomic E-state index is -0.571. The Morgan fingerprint density at radius 2 is 1.81 bits per heavy atom. The van der Waals surface area contributed by atoms with Crippen LogP contribution in [0.25, 0.3) is 0 Å². The molecule has 114 valence electrons. The third kappa shape index (κ3) is 6.25. The van der Waals surface area contributed by atoms with Gasteiger partial charge in [-0.1, -0.05) is 44.2 Å². The maximum atomic E-state index is 12.1. The Bertz CT molecular complexity index is 504. The van der Waals surface area contributed by atoms with Crippen LogP contribution in [-0.4, -0.2) is 30.7 Å². The second kappa shape index (κ2) is 8.25. The molecule has 21 heavy (non-hydrogen) atoms. The first-order chi connectivity index (χ1) is 9.90. The highest BCUT2D eigenvalue weighted by Gasteiger charge is 2.21. The monoisotopic (exact) mass is 289 g/mol. The van der Waals surface area contributed by atoms with Crippen molar-refractivity contribution in [2.24, 2.45) is 5.92 Å². The van der Waals surface area contributed by atoms with E-state index in [1.165, 1.54) is 6.20 Å². The number of benzene rings is 1. The summed E-state index contributed by atoms with van der Waals surface area (Å²) >= 11 is 0. The maximum Gasteiger partial charge on any atom is 0.343 e. The lowest BCUT2D eigenvalue weighted by Gasteiger charge is -2.12. The van der Waals surface area contributed by atoms with Gasteiger partial charge in [0, 0.05) is 26.7 Å². The van der Waals surface area contributed by atoms with Crippen molar-refractivity contribution in [2.75, 3.05) is 14.1 Å². The normalized spacial score (nSPS) is 11.4. The van der Waals surface area contributed by atoms with E-state index in [9.17, 15) is 9.59 Å². The van der Waals surface area contributed by atoms with E-state index < -0.39 is 5.97 Å². The molecule has 0 aliphatic rings. The molecule has 0 N–H and O–H groups in total. The molecule has 0 saturated carbocycles. The molecule has 0 unspecified atom stereocenters. The summed E-state index contributed by atoms with van der Waals surface area (Å²) in [4.78, 5) is 26.0. The highest BCUT2D eigenvalue weighted by Crippen LogP contribution is 2.11. The van der Waals surface area contributed by atoms with Crippen LogP contribution in [-0.2, 0) is 20.9 Å². The summed E-state index contributed by atoms with van der Waals surface area (Å²) in [7, 11) is 3.54. The Balaban J connectivity index is 2.74. The summed E-state index contributed by atoms with van der Waals surface area (Å²) in [5, 5.41) is 0. The Morgan fingerprint density at radius 3 is 2.33 bits per heavy atom. The molecule has 0 spiro atoms. The van der Waals surface area contributed by atoms with E-state index in [4.69, 9.17) is 4.74 Å². The Morgan fingerprint density at radius 1 is 1.19 bits per heavy atom. The Labute approximate surface area is 126 Å². The molecule has 0 atom stereocenters. The zero-order chi connectivity index (χ0) is 15.8. The summed E-state index contributed by atoms with van der Waals surface area (Å²) in [6, 6.07) is 9.40. The number of rotatable bonds is 7. The molecular formula is C17H23NO3. The van der Waals surface area contributed by atoms with Crippen molar-refractivity contribution < 1.29 is 14.3 Å². The second-order valence-electron chi connectivity index (χ2n) is 5.59. The van der Waals surface area contributed by atoms with Crippen LogP contribution in [0.3, 0.4) is 0 Å². The molecule has 0 amide bonds. The van der Waals surface area contributed by atoms with Gasteiger partial charge in [-0.3, -0.25) is 4.79 Å². The first-order valence-electron chi connectivity index (χ1n) is 7.02. The number of hydrogen-bond acceptors (Lipinski definition) is 4. The average Bonchev–Trinajstić information content (AvgIpc) is 2.42. The number of nitrogens with zero attached hydrogens (tertiary/aromatic N) is 1. The van der Waals surface area contributed by atoms with Crippen LogP contribution >= 0.6 is 0 Å².